The quantitative estimate of drug-likeness (QED) is 0.384. The lowest BCUT2D eigenvalue weighted by Gasteiger charge is -2.18. The van der Waals surface area contributed by atoms with Crippen LogP contribution in [-0.4, -0.2) is 49.0 Å². The Morgan fingerprint density at radius 1 is 1.06 bits per heavy atom. The van der Waals surface area contributed by atoms with Gasteiger partial charge in [-0.2, -0.15) is 9.78 Å². The maximum absolute atomic E-state index is 13.4. The summed E-state index contributed by atoms with van der Waals surface area (Å²) in [5.41, 5.74) is 3.37. The van der Waals surface area contributed by atoms with E-state index in [-0.39, 0.29) is 18.2 Å². The lowest BCUT2D eigenvalue weighted by atomic mass is 10.0. The van der Waals surface area contributed by atoms with E-state index in [2.05, 4.69) is 20.7 Å². The summed E-state index contributed by atoms with van der Waals surface area (Å²) < 4.78 is 3.33. The van der Waals surface area contributed by atoms with Crippen molar-refractivity contribution >= 4 is 28.6 Å². The molecule has 1 atom stereocenters. The van der Waals surface area contributed by atoms with Crippen LogP contribution in [0.5, 0.6) is 0 Å². The predicted octanol–water partition coefficient (Wildman–Crippen LogP) is 2.26. The van der Waals surface area contributed by atoms with E-state index in [1.165, 1.54) is 4.68 Å². The van der Waals surface area contributed by atoms with Crippen LogP contribution >= 0.6 is 0 Å². The number of hydrogen-bond donors (Lipinski definition) is 2. The normalized spacial score (nSPS) is 14.0. The number of Topliss-reactive ketones (excluding diaryl/α,β-unsaturated/α-hetero) is 1. The van der Waals surface area contributed by atoms with E-state index in [1.54, 1.807) is 13.0 Å². The number of benzene rings is 2. The second-order valence-electron chi connectivity index (χ2n) is 8.87. The standard InChI is InChI=1S/C26H26N6O3/c1-16-14-22(32(30-16)26-29-19-10-6-7-11-21(19)31(26)2)24(34)28-20(15-17-8-4-3-5-9-17)23(33)25(35)27-18-12-13-18/h3-11,14,18,20H,12-13,15H2,1-2H3,(H,27,35)(H,28,34)/t20-/m0/s1. The van der Waals surface area contributed by atoms with Crippen molar-refractivity contribution in [3.8, 4) is 5.95 Å². The van der Waals surface area contributed by atoms with E-state index in [4.69, 9.17) is 0 Å². The van der Waals surface area contributed by atoms with E-state index < -0.39 is 23.6 Å². The first-order valence-corrected chi connectivity index (χ1v) is 11.6. The van der Waals surface area contributed by atoms with E-state index >= 15 is 0 Å². The van der Waals surface area contributed by atoms with Crippen LogP contribution in [0, 0.1) is 6.92 Å². The van der Waals surface area contributed by atoms with Crippen molar-refractivity contribution in [1.29, 1.82) is 0 Å². The predicted molar refractivity (Wildman–Crippen MR) is 130 cm³/mol. The third kappa shape index (κ3) is 4.70. The molecule has 0 radical (unpaired) electrons. The van der Waals surface area contributed by atoms with Crippen LogP contribution in [0.4, 0.5) is 0 Å². The summed E-state index contributed by atoms with van der Waals surface area (Å²) in [5, 5.41) is 10.00. The molecule has 0 bridgehead atoms. The molecule has 2 aromatic carbocycles. The van der Waals surface area contributed by atoms with Crippen LogP contribution in [0.2, 0.25) is 0 Å². The van der Waals surface area contributed by atoms with Gasteiger partial charge in [-0.05, 0) is 43.5 Å². The first kappa shape index (κ1) is 22.5. The third-order valence-electron chi connectivity index (χ3n) is 6.06. The number of carbonyl (C=O) groups is 3. The first-order valence-electron chi connectivity index (χ1n) is 11.6. The lowest BCUT2D eigenvalue weighted by molar-refractivity contribution is -0.139. The Bertz CT molecular complexity index is 1420. The van der Waals surface area contributed by atoms with Crippen molar-refractivity contribution in [1.82, 2.24) is 30.0 Å². The number of aromatic nitrogens is 4. The highest BCUT2D eigenvalue weighted by Crippen LogP contribution is 2.20. The van der Waals surface area contributed by atoms with Crippen LogP contribution in [0.3, 0.4) is 0 Å². The van der Waals surface area contributed by atoms with Crippen LogP contribution in [0.1, 0.15) is 34.6 Å². The molecule has 2 heterocycles. The molecule has 0 spiro atoms. The van der Waals surface area contributed by atoms with Gasteiger partial charge < -0.3 is 15.2 Å². The first-order chi connectivity index (χ1) is 16.9. The molecule has 2 amide bonds. The fraction of sp³-hybridized carbons (Fsp3) is 0.269. The van der Waals surface area contributed by atoms with Crippen molar-refractivity contribution in [2.75, 3.05) is 0 Å². The van der Waals surface area contributed by atoms with Crippen molar-refractivity contribution in [2.24, 2.45) is 7.05 Å². The average molecular weight is 471 g/mol. The van der Waals surface area contributed by atoms with Gasteiger partial charge in [0, 0.05) is 19.5 Å². The van der Waals surface area contributed by atoms with Crippen LogP contribution in [-0.2, 0) is 23.1 Å². The van der Waals surface area contributed by atoms with E-state index in [0.717, 1.165) is 29.4 Å². The molecule has 2 aromatic heterocycles. The Kier molecular flexibility index (Phi) is 5.90. The Hall–Kier alpha value is -4.27. The highest BCUT2D eigenvalue weighted by Gasteiger charge is 2.32. The molecular formula is C26H26N6O3. The van der Waals surface area contributed by atoms with Gasteiger partial charge in [0.05, 0.1) is 16.7 Å². The zero-order chi connectivity index (χ0) is 24.5. The summed E-state index contributed by atoms with van der Waals surface area (Å²) in [4.78, 5) is 43.7. The molecule has 1 fully saturated rings. The minimum Gasteiger partial charge on any atom is -0.347 e. The van der Waals surface area contributed by atoms with E-state index in [1.807, 2.05) is 66.2 Å². The largest absolute Gasteiger partial charge is 0.347 e. The molecule has 1 aliphatic carbocycles. The monoisotopic (exact) mass is 470 g/mol. The van der Waals surface area contributed by atoms with Crippen molar-refractivity contribution in [3.63, 3.8) is 0 Å². The Balaban J connectivity index is 1.45. The minimum atomic E-state index is -1.02. The average Bonchev–Trinajstić information content (AvgIpc) is 3.50. The molecular weight excluding hydrogens is 444 g/mol. The minimum absolute atomic E-state index is 0.0427. The summed E-state index contributed by atoms with van der Waals surface area (Å²) in [5.74, 6) is -1.37. The van der Waals surface area contributed by atoms with Gasteiger partial charge in [-0.15, -0.1) is 0 Å². The molecule has 1 saturated carbocycles. The lowest BCUT2D eigenvalue weighted by Crippen LogP contribution is -2.49. The molecule has 0 aliphatic heterocycles. The molecule has 9 heteroatoms. The molecule has 0 saturated heterocycles. The zero-order valence-electron chi connectivity index (χ0n) is 19.6. The SMILES string of the molecule is Cc1cc(C(=O)N[C@@H](Cc2ccccc2)C(=O)C(=O)NC2CC2)n(-c2nc3ccccc3n2C)n1. The van der Waals surface area contributed by atoms with Gasteiger partial charge >= 0.3 is 0 Å². The van der Waals surface area contributed by atoms with Crippen molar-refractivity contribution in [2.45, 2.75) is 38.3 Å². The number of rotatable bonds is 8. The smallest absolute Gasteiger partial charge is 0.289 e. The second-order valence-corrected chi connectivity index (χ2v) is 8.87. The maximum atomic E-state index is 13.4. The van der Waals surface area contributed by atoms with Crippen LogP contribution in [0.25, 0.3) is 17.0 Å². The highest BCUT2D eigenvalue weighted by atomic mass is 16.2. The van der Waals surface area contributed by atoms with Gasteiger partial charge in [-0.25, -0.2) is 4.98 Å². The fourth-order valence-corrected chi connectivity index (χ4v) is 4.07. The number of aryl methyl sites for hydroxylation is 2. The Morgan fingerprint density at radius 2 is 1.77 bits per heavy atom. The number of carbonyl (C=O) groups excluding carboxylic acids is 3. The van der Waals surface area contributed by atoms with Gasteiger partial charge in [-0.1, -0.05) is 42.5 Å². The highest BCUT2D eigenvalue weighted by molar-refractivity contribution is 6.38. The molecule has 4 aromatic rings. The fourth-order valence-electron chi connectivity index (χ4n) is 4.07. The topological polar surface area (TPSA) is 111 Å². The number of ketones is 1. The summed E-state index contributed by atoms with van der Waals surface area (Å²) in [7, 11) is 1.85. The van der Waals surface area contributed by atoms with Crippen molar-refractivity contribution < 1.29 is 14.4 Å². The Morgan fingerprint density at radius 3 is 2.49 bits per heavy atom. The molecule has 178 valence electrons. The van der Waals surface area contributed by atoms with Gasteiger partial charge in [0.2, 0.25) is 11.7 Å². The summed E-state index contributed by atoms with van der Waals surface area (Å²) in [6.07, 6.45) is 1.93. The number of nitrogens with zero attached hydrogens (tertiary/aromatic N) is 4. The van der Waals surface area contributed by atoms with Gasteiger partial charge in [-0.3, -0.25) is 14.4 Å². The summed E-state index contributed by atoms with van der Waals surface area (Å²) >= 11 is 0. The van der Waals surface area contributed by atoms with Gasteiger partial charge in [0.15, 0.2) is 0 Å². The number of imidazole rings is 1. The maximum Gasteiger partial charge on any atom is 0.289 e. The molecule has 0 unspecified atom stereocenters. The van der Waals surface area contributed by atoms with E-state index in [9.17, 15) is 14.4 Å². The number of amides is 2. The van der Waals surface area contributed by atoms with Gasteiger partial charge in [0.25, 0.3) is 11.8 Å². The number of fused-ring (bicyclic) bond motifs is 1. The van der Waals surface area contributed by atoms with Crippen molar-refractivity contribution in [3.05, 3.63) is 77.6 Å². The van der Waals surface area contributed by atoms with Crippen LogP contribution in [0.15, 0.2) is 60.7 Å². The zero-order valence-corrected chi connectivity index (χ0v) is 19.6. The third-order valence-corrected chi connectivity index (χ3v) is 6.06. The Labute approximate surface area is 202 Å². The molecule has 2 N–H and O–H groups in total. The second kappa shape index (κ2) is 9.17. The molecule has 9 nitrogen and oxygen atoms in total. The molecule has 5 rings (SSSR count). The number of hydrogen-bond acceptors (Lipinski definition) is 5. The summed E-state index contributed by atoms with van der Waals surface area (Å²) in [6.45, 7) is 1.78. The van der Waals surface area contributed by atoms with E-state index in [0.29, 0.717) is 11.6 Å². The molecule has 1 aliphatic rings. The van der Waals surface area contributed by atoms with Gasteiger partial charge in [0.1, 0.15) is 11.7 Å². The molecule has 35 heavy (non-hydrogen) atoms. The summed E-state index contributed by atoms with van der Waals surface area (Å²) in [6, 6.07) is 17.6. The number of nitrogens with one attached hydrogen (secondary N) is 2. The number of para-hydroxylation sites is 2. The van der Waals surface area contributed by atoms with Crippen LogP contribution < -0.4 is 10.6 Å².